The van der Waals surface area contributed by atoms with E-state index in [0.29, 0.717) is 24.2 Å². The van der Waals surface area contributed by atoms with E-state index in [1.54, 1.807) is 6.07 Å². The van der Waals surface area contributed by atoms with Gasteiger partial charge in [-0.15, -0.1) is 0 Å². The van der Waals surface area contributed by atoms with Crippen molar-refractivity contribution in [1.82, 2.24) is 0 Å². The predicted molar refractivity (Wildman–Crippen MR) is 60.7 cm³/mol. The SMILES string of the molecule is N#CCCc1ccc2c(c1)CCCS2(=O)=O. The number of hydrogen-bond donors (Lipinski definition) is 0. The predicted octanol–water partition coefficient (Wildman–Crippen LogP) is 1.86. The number of aryl methyl sites for hydroxylation is 2. The van der Waals surface area contributed by atoms with Crippen LogP contribution in [0.1, 0.15) is 24.0 Å². The number of benzene rings is 1. The molecule has 16 heavy (non-hydrogen) atoms. The van der Waals surface area contributed by atoms with E-state index >= 15 is 0 Å². The summed E-state index contributed by atoms with van der Waals surface area (Å²) in [7, 11) is -3.04. The maximum absolute atomic E-state index is 11.7. The van der Waals surface area contributed by atoms with Gasteiger partial charge in [0.25, 0.3) is 0 Å². The number of nitrogens with zero attached hydrogens (tertiary/aromatic N) is 1. The van der Waals surface area contributed by atoms with E-state index in [1.165, 1.54) is 0 Å². The minimum absolute atomic E-state index is 0.261. The second kappa shape index (κ2) is 4.26. The molecule has 0 aromatic heterocycles. The van der Waals surface area contributed by atoms with E-state index in [-0.39, 0.29) is 5.75 Å². The first-order chi connectivity index (χ1) is 7.63. The van der Waals surface area contributed by atoms with Gasteiger partial charge in [-0.05, 0) is 36.5 Å². The van der Waals surface area contributed by atoms with Gasteiger partial charge in [0, 0.05) is 6.42 Å². The van der Waals surface area contributed by atoms with E-state index < -0.39 is 9.84 Å². The molecule has 0 saturated carbocycles. The number of rotatable bonds is 2. The summed E-state index contributed by atoms with van der Waals surface area (Å²) in [4.78, 5) is 0.486. The van der Waals surface area contributed by atoms with E-state index in [9.17, 15) is 8.42 Å². The fourth-order valence-electron chi connectivity index (χ4n) is 2.05. The molecule has 1 aromatic rings. The highest BCUT2D eigenvalue weighted by Gasteiger charge is 2.23. The van der Waals surface area contributed by atoms with E-state index in [0.717, 1.165) is 17.5 Å². The third-order valence-corrected chi connectivity index (χ3v) is 4.74. The summed E-state index contributed by atoms with van der Waals surface area (Å²) in [6, 6.07) is 7.54. The van der Waals surface area contributed by atoms with Crippen LogP contribution in [0.3, 0.4) is 0 Å². The van der Waals surface area contributed by atoms with Gasteiger partial charge in [0.15, 0.2) is 9.84 Å². The van der Waals surface area contributed by atoms with Gasteiger partial charge in [-0.3, -0.25) is 0 Å². The Labute approximate surface area is 95.6 Å². The van der Waals surface area contributed by atoms with Crippen molar-refractivity contribution >= 4 is 9.84 Å². The van der Waals surface area contributed by atoms with E-state index in [1.807, 2.05) is 12.1 Å². The molecule has 0 amide bonds. The molecule has 0 unspecified atom stereocenters. The lowest BCUT2D eigenvalue weighted by atomic mass is 10.0. The molecule has 0 fully saturated rings. The zero-order valence-electron chi connectivity index (χ0n) is 8.94. The molecule has 1 aromatic carbocycles. The van der Waals surface area contributed by atoms with Gasteiger partial charge in [-0.2, -0.15) is 5.26 Å². The summed E-state index contributed by atoms with van der Waals surface area (Å²) in [5.41, 5.74) is 1.97. The van der Waals surface area contributed by atoms with Crippen LogP contribution in [0.2, 0.25) is 0 Å². The maximum atomic E-state index is 11.7. The third-order valence-electron chi connectivity index (χ3n) is 2.84. The largest absolute Gasteiger partial charge is 0.224 e. The summed E-state index contributed by atoms with van der Waals surface area (Å²) in [5, 5.41) is 8.50. The Hall–Kier alpha value is -1.34. The highest BCUT2D eigenvalue weighted by atomic mass is 32.2. The van der Waals surface area contributed by atoms with Crippen LogP contribution in [-0.4, -0.2) is 14.2 Å². The van der Waals surface area contributed by atoms with E-state index in [4.69, 9.17) is 5.26 Å². The molecule has 0 atom stereocenters. The molecule has 4 heteroatoms. The van der Waals surface area contributed by atoms with Crippen LogP contribution in [0.5, 0.6) is 0 Å². The fourth-order valence-corrected chi connectivity index (χ4v) is 3.63. The molecule has 0 bridgehead atoms. The molecule has 0 spiro atoms. The summed E-state index contributed by atoms with van der Waals surface area (Å²) >= 11 is 0. The van der Waals surface area contributed by atoms with Crippen LogP contribution in [0, 0.1) is 11.3 Å². The zero-order valence-corrected chi connectivity index (χ0v) is 9.76. The molecule has 2 rings (SSSR count). The Balaban J connectivity index is 2.37. The van der Waals surface area contributed by atoms with Crippen molar-refractivity contribution in [2.24, 2.45) is 0 Å². The van der Waals surface area contributed by atoms with Gasteiger partial charge in [0.1, 0.15) is 0 Å². The highest BCUT2D eigenvalue weighted by Crippen LogP contribution is 2.26. The molecule has 1 heterocycles. The highest BCUT2D eigenvalue weighted by molar-refractivity contribution is 7.91. The summed E-state index contributed by atoms with van der Waals surface area (Å²) in [6.45, 7) is 0. The first-order valence-electron chi connectivity index (χ1n) is 5.35. The molecule has 84 valence electrons. The van der Waals surface area contributed by atoms with Crippen LogP contribution in [-0.2, 0) is 22.7 Å². The monoisotopic (exact) mass is 235 g/mol. The van der Waals surface area contributed by atoms with Gasteiger partial charge in [-0.1, -0.05) is 12.1 Å². The average molecular weight is 235 g/mol. The minimum atomic E-state index is -3.04. The van der Waals surface area contributed by atoms with Crippen molar-refractivity contribution in [3.05, 3.63) is 29.3 Å². The summed E-state index contributed by atoms with van der Waals surface area (Å²) < 4.78 is 23.5. The van der Waals surface area contributed by atoms with Gasteiger partial charge in [0.05, 0.1) is 16.7 Å². The van der Waals surface area contributed by atoms with Crippen LogP contribution in [0.25, 0.3) is 0 Å². The third kappa shape index (κ3) is 2.10. The van der Waals surface area contributed by atoms with Crippen LogP contribution in [0.4, 0.5) is 0 Å². The Bertz CT molecular complexity index is 541. The Morgan fingerprint density at radius 1 is 1.38 bits per heavy atom. The molecule has 0 radical (unpaired) electrons. The van der Waals surface area contributed by atoms with Gasteiger partial charge < -0.3 is 0 Å². The second-order valence-electron chi connectivity index (χ2n) is 4.02. The molecule has 0 aliphatic carbocycles. The fraction of sp³-hybridized carbons (Fsp3) is 0.417. The number of fused-ring (bicyclic) bond motifs is 1. The molecule has 1 aliphatic heterocycles. The maximum Gasteiger partial charge on any atom is 0.178 e. The standard InChI is InChI=1S/C12H13NO2S/c13-7-1-3-10-5-6-12-11(9-10)4-2-8-16(12,14)15/h5-6,9H,1-4,8H2. The van der Waals surface area contributed by atoms with Gasteiger partial charge in [-0.25, -0.2) is 8.42 Å². The molecular weight excluding hydrogens is 222 g/mol. The molecule has 0 saturated heterocycles. The summed E-state index contributed by atoms with van der Waals surface area (Å²) in [6.07, 6.45) is 2.71. The lowest BCUT2D eigenvalue weighted by molar-refractivity contribution is 0.586. The smallest absolute Gasteiger partial charge is 0.178 e. The van der Waals surface area contributed by atoms with Crippen LogP contribution >= 0.6 is 0 Å². The molecule has 1 aliphatic rings. The zero-order chi connectivity index (χ0) is 11.6. The number of nitriles is 1. The number of sulfone groups is 1. The van der Waals surface area contributed by atoms with Crippen LogP contribution in [0.15, 0.2) is 23.1 Å². The van der Waals surface area contributed by atoms with Crippen molar-refractivity contribution in [3.63, 3.8) is 0 Å². The van der Waals surface area contributed by atoms with Crippen molar-refractivity contribution in [2.45, 2.75) is 30.6 Å². The average Bonchev–Trinajstić information content (AvgIpc) is 2.25. The van der Waals surface area contributed by atoms with Gasteiger partial charge >= 0.3 is 0 Å². The molecular formula is C12H13NO2S. The van der Waals surface area contributed by atoms with Crippen molar-refractivity contribution in [2.75, 3.05) is 5.75 Å². The first-order valence-corrected chi connectivity index (χ1v) is 7.00. The van der Waals surface area contributed by atoms with Crippen molar-refractivity contribution in [3.8, 4) is 6.07 Å². The van der Waals surface area contributed by atoms with E-state index in [2.05, 4.69) is 6.07 Å². The van der Waals surface area contributed by atoms with Crippen molar-refractivity contribution in [1.29, 1.82) is 5.26 Å². The first kappa shape index (κ1) is 11.2. The Morgan fingerprint density at radius 3 is 2.94 bits per heavy atom. The lowest BCUT2D eigenvalue weighted by Crippen LogP contribution is -2.16. The lowest BCUT2D eigenvalue weighted by Gasteiger charge is -2.16. The summed E-state index contributed by atoms with van der Waals surface area (Å²) in [5.74, 6) is 0.261. The molecule has 0 N–H and O–H groups in total. The minimum Gasteiger partial charge on any atom is -0.224 e. The van der Waals surface area contributed by atoms with Crippen molar-refractivity contribution < 1.29 is 8.42 Å². The quantitative estimate of drug-likeness (QED) is 0.786. The van der Waals surface area contributed by atoms with Crippen LogP contribution < -0.4 is 0 Å². The topological polar surface area (TPSA) is 57.9 Å². The normalized spacial score (nSPS) is 17.4. The Kier molecular flexibility index (Phi) is 2.97. The Morgan fingerprint density at radius 2 is 2.19 bits per heavy atom. The second-order valence-corrected chi connectivity index (χ2v) is 6.10. The molecule has 3 nitrogen and oxygen atoms in total. The number of hydrogen-bond acceptors (Lipinski definition) is 3. The van der Waals surface area contributed by atoms with Gasteiger partial charge in [0.2, 0.25) is 0 Å².